The Morgan fingerprint density at radius 2 is 2.09 bits per heavy atom. The average Bonchev–Trinajstić information content (AvgIpc) is 3.41. The lowest BCUT2D eigenvalue weighted by Crippen LogP contribution is -2.40. The van der Waals surface area contributed by atoms with Crippen molar-refractivity contribution in [2.45, 2.75) is 25.9 Å². The molecule has 2 N–H and O–H groups in total. The second-order valence-corrected chi connectivity index (χ2v) is 8.59. The van der Waals surface area contributed by atoms with Crippen molar-refractivity contribution in [1.82, 2.24) is 24.6 Å². The molecule has 1 fully saturated rings. The Hall–Kier alpha value is -3.23. The number of amides is 1. The average molecular weight is 433 g/mol. The summed E-state index contributed by atoms with van der Waals surface area (Å²) in [5, 5.41) is 9.66. The molecule has 1 aliphatic rings. The van der Waals surface area contributed by atoms with Gasteiger partial charge >= 0.3 is 0 Å². The third-order valence-corrected chi connectivity index (χ3v) is 6.35. The van der Waals surface area contributed by atoms with Gasteiger partial charge in [-0.2, -0.15) is 5.10 Å². The van der Waals surface area contributed by atoms with Crippen molar-refractivity contribution in [3.8, 4) is 0 Å². The number of pyridine rings is 1. The van der Waals surface area contributed by atoms with Gasteiger partial charge in [0.15, 0.2) is 5.82 Å². The topological polar surface area (TPSA) is 88.1 Å². The highest BCUT2D eigenvalue weighted by Gasteiger charge is 2.31. The Labute approximate surface area is 186 Å². The lowest BCUT2D eigenvalue weighted by atomic mass is 9.93. The van der Waals surface area contributed by atoms with Crippen LogP contribution in [-0.4, -0.2) is 57.4 Å². The van der Waals surface area contributed by atoms with Crippen LogP contribution in [0, 0.1) is 5.92 Å². The molecule has 166 valence electrons. The molecule has 0 unspecified atom stereocenters. The van der Waals surface area contributed by atoms with Crippen LogP contribution in [0.4, 0.5) is 5.82 Å². The fourth-order valence-corrected chi connectivity index (χ4v) is 4.68. The summed E-state index contributed by atoms with van der Waals surface area (Å²) in [7, 11) is 1.51. The number of hydrogen-bond acceptors (Lipinski definition) is 5. The second kappa shape index (κ2) is 8.72. The quantitative estimate of drug-likeness (QED) is 0.486. The minimum absolute atomic E-state index is 0.0150. The first-order chi connectivity index (χ1) is 15.6. The van der Waals surface area contributed by atoms with Gasteiger partial charge in [-0.15, -0.1) is 0 Å². The normalized spacial score (nSPS) is 19.6. The smallest absolute Gasteiger partial charge is 0.251 e. The lowest BCUT2D eigenvalue weighted by Gasteiger charge is -2.37. The number of aromatic nitrogens is 4. The maximum absolute atomic E-state index is 12.3. The number of aromatic amines is 1. The van der Waals surface area contributed by atoms with Crippen LogP contribution in [0.3, 0.4) is 0 Å². The van der Waals surface area contributed by atoms with E-state index in [1.165, 1.54) is 12.7 Å². The fourth-order valence-electron chi connectivity index (χ4n) is 4.68. The predicted octanol–water partition coefficient (Wildman–Crippen LogP) is 3.58. The van der Waals surface area contributed by atoms with Crippen molar-refractivity contribution >= 4 is 33.7 Å². The van der Waals surface area contributed by atoms with Crippen LogP contribution in [-0.2, 0) is 16.1 Å². The van der Waals surface area contributed by atoms with E-state index >= 15 is 0 Å². The molecule has 3 aromatic heterocycles. The number of ether oxygens (including phenoxy) is 1. The Morgan fingerprint density at radius 3 is 2.91 bits per heavy atom. The van der Waals surface area contributed by atoms with Crippen molar-refractivity contribution in [3.05, 3.63) is 54.4 Å². The standard InChI is InChI=1S/C24H28N6O2/c1-16-9-11-29(13-17-6-4-3-5-7-17)14-20(16)30-22-18-8-10-25-23(18)26-12-19(22)24(28-30)27-21(31)15-32-2/h3-8,10,12,16,20H,9,11,13-15H2,1-2H3,(H,25,26)(H,27,28,31)/t16-,20+/m1/s1. The number of H-pyrrole nitrogens is 1. The first kappa shape index (κ1) is 20.7. The van der Waals surface area contributed by atoms with Gasteiger partial charge in [0.1, 0.15) is 12.3 Å². The maximum Gasteiger partial charge on any atom is 0.251 e. The highest BCUT2D eigenvalue weighted by atomic mass is 16.5. The molecule has 5 rings (SSSR count). The Bertz CT molecular complexity index is 1230. The van der Waals surface area contributed by atoms with Crippen LogP contribution in [0.2, 0.25) is 0 Å². The third kappa shape index (κ3) is 3.87. The molecule has 4 heterocycles. The molecule has 8 nitrogen and oxygen atoms in total. The summed E-state index contributed by atoms with van der Waals surface area (Å²) in [6, 6.07) is 12.8. The van der Waals surface area contributed by atoms with Gasteiger partial charge in [-0.1, -0.05) is 37.3 Å². The molecule has 0 radical (unpaired) electrons. The van der Waals surface area contributed by atoms with Crippen LogP contribution in [0.25, 0.3) is 21.9 Å². The molecule has 1 saturated heterocycles. The molecule has 1 aliphatic heterocycles. The summed E-state index contributed by atoms with van der Waals surface area (Å²) in [4.78, 5) is 22.5. The van der Waals surface area contributed by atoms with Gasteiger partial charge in [0.25, 0.3) is 5.91 Å². The number of carbonyl (C=O) groups excluding carboxylic acids is 1. The highest BCUT2D eigenvalue weighted by Crippen LogP contribution is 2.36. The van der Waals surface area contributed by atoms with E-state index in [0.29, 0.717) is 11.7 Å². The van der Waals surface area contributed by atoms with E-state index in [-0.39, 0.29) is 18.6 Å². The van der Waals surface area contributed by atoms with Gasteiger partial charge in [-0.3, -0.25) is 14.4 Å². The SMILES string of the molecule is COCC(=O)Nc1nn([C@H]2CN(Cc3ccccc3)CC[C@H]2C)c2c1cnc1[nH]ccc12. The molecule has 4 aromatic rings. The molecule has 1 aromatic carbocycles. The van der Waals surface area contributed by atoms with Crippen molar-refractivity contribution < 1.29 is 9.53 Å². The van der Waals surface area contributed by atoms with Crippen molar-refractivity contribution in [2.75, 3.05) is 32.1 Å². The highest BCUT2D eigenvalue weighted by molar-refractivity contribution is 6.09. The summed E-state index contributed by atoms with van der Waals surface area (Å²) in [5.41, 5.74) is 3.14. The van der Waals surface area contributed by atoms with E-state index in [1.54, 1.807) is 6.20 Å². The summed E-state index contributed by atoms with van der Waals surface area (Å²) in [6.07, 6.45) is 4.77. The van der Waals surface area contributed by atoms with E-state index in [4.69, 9.17) is 9.84 Å². The van der Waals surface area contributed by atoms with Gasteiger partial charge in [0, 0.05) is 38.0 Å². The number of benzene rings is 1. The number of likely N-dealkylation sites (tertiary alicyclic amines) is 1. The van der Waals surface area contributed by atoms with Gasteiger partial charge in [0.2, 0.25) is 0 Å². The maximum atomic E-state index is 12.3. The first-order valence-electron chi connectivity index (χ1n) is 11.0. The molecular formula is C24H28N6O2. The molecular weight excluding hydrogens is 404 g/mol. The third-order valence-electron chi connectivity index (χ3n) is 6.35. The number of nitrogens with one attached hydrogen (secondary N) is 2. The minimum atomic E-state index is -0.226. The van der Waals surface area contributed by atoms with Crippen molar-refractivity contribution in [1.29, 1.82) is 0 Å². The van der Waals surface area contributed by atoms with Crippen LogP contribution >= 0.6 is 0 Å². The zero-order valence-corrected chi connectivity index (χ0v) is 18.4. The lowest BCUT2D eigenvalue weighted by molar-refractivity contribution is -0.119. The zero-order chi connectivity index (χ0) is 22.1. The summed E-state index contributed by atoms with van der Waals surface area (Å²) < 4.78 is 7.09. The van der Waals surface area contributed by atoms with Gasteiger partial charge in [0.05, 0.1) is 16.9 Å². The Morgan fingerprint density at radius 1 is 1.25 bits per heavy atom. The number of methoxy groups -OCH3 is 1. The molecule has 32 heavy (non-hydrogen) atoms. The van der Waals surface area contributed by atoms with Crippen LogP contribution < -0.4 is 5.32 Å². The number of piperidine rings is 1. The van der Waals surface area contributed by atoms with E-state index in [9.17, 15) is 4.79 Å². The molecule has 0 saturated carbocycles. The summed E-state index contributed by atoms with van der Waals surface area (Å²) in [5.74, 6) is 0.760. The van der Waals surface area contributed by atoms with Crippen LogP contribution in [0.1, 0.15) is 24.9 Å². The number of anilines is 1. The predicted molar refractivity (Wildman–Crippen MR) is 124 cm³/mol. The summed E-state index contributed by atoms with van der Waals surface area (Å²) in [6.45, 7) is 5.15. The van der Waals surface area contributed by atoms with E-state index in [1.807, 2.05) is 12.3 Å². The monoisotopic (exact) mass is 432 g/mol. The number of fused-ring (bicyclic) bond motifs is 3. The number of hydrogen-bond donors (Lipinski definition) is 2. The van der Waals surface area contributed by atoms with E-state index in [2.05, 4.69) is 62.1 Å². The fraction of sp³-hybridized carbons (Fsp3) is 0.375. The van der Waals surface area contributed by atoms with Crippen LogP contribution in [0.15, 0.2) is 48.8 Å². The number of rotatable bonds is 6. The molecule has 8 heteroatoms. The molecule has 2 atom stereocenters. The summed E-state index contributed by atoms with van der Waals surface area (Å²) >= 11 is 0. The Balaban J connectivity index is 1.54. The van der Waals surface area contributed by atoms with Gasteiger partial charge in [-0.05, 0) is 30.5 Å². The molecule has 0 aliphatic carbocycles. The molecule has 0 spiro atoms. The van der Waals surface area contributed by atoms with E-state index in [0.717, 1.165) is 48.0 Å². The van der Waals surface area contributed by atoms with Crippen LogP contribution in [0.5, 0.6) is 0 Å². The van der Waals surface area contributed by atoms with Gasteiger partial charge < -0.3 is 15.0 Å². The molecule has 0 bridgehead atoms. The number of nitrogens with zero attached hydrogens (tertiary/aromatic N) is 4. The number of carbonyl (C=O) groups is 1. The second-order valence-electron chi connectivity index (χ2n) is 8.59. The largest absolute Gasteiger partial charge is 0.375 e. The Kier molecular flexibility index (Phi) is 5.63. The van der Waals surface area contributed by atoms with Crippen molar-refractivity contribution in [2.24, 2.45) is 5.92 Å². The molecule has 1 amide bonds. The minimum Gasteiger partial charge on any atom is -0.375 e. The van der Waals surface area contributed by atoms with Crippen molar-refractivity contribution in [3.63, 3.8) is 0 Å². The van der Waals surface area contributed by atoms with Gasteiger partial charge in [-0.25, -0.2) is 4.98 Å². The first-order valence-corrected chi connectivity index (χ1v) is 11.0. The zero-order valence-electron chi connectivity index (χ0n) is 18.4. The van der Waals surface area contributed by atoms with E-state index < -0.39 is 0 Å².